The minimum Gasteiger partial charge on any atom is -0.399 e. The van der Waals surface area contributed by atoms with Gasteiger partial charge in [0.1, 0.15) is 0 Å². The van der Waals surface area contributed by atoms with Crippen molar-refractivity contribution < 1.29 is 0 Å². The highest BCUT2D eigenvalue weighted by Gasteiger charge is 2.14. The molecule has 0 aromatic heterocycles. The Bertz CT molecular complexity index is 1220. The van der Waals surface area contributed by atoms with Gasteiger partial charge in [0.05, 0.1) is 0 Å². The molecule has 0 radical (unpaired) electrons. The van der Waals surface area contributed by atoms with Gasteiger partial charge in [0.25, 0.3) is 0 Å². The third kappa shape index (κ3) is 10.3. The molecule has 4 rings (SSSR count). The van der Waals surface area contributed by atoms with E-state index in [1.807, 2.05) is 24.3 Å². The molecule has 4 aromatic carbocycles. The summed E-state index contributed by atoms with van der Waals surface area (Å²) in [5.41, 5.74) is 21.7. The molecule has 0 aliphatic rings. The number of hydrogen-bond acceptors (Lipinski definition) is 2. The van der Waals surface area contributed by atoms with Crippen LogP contribution in [0.25, 0.3) is 0 Å². The van der Waals surface area contributed by atoms with Crippen molar-refractivity contribution in [3.8, 4) is 0 Å². The third-order valence-electron chi connectivity index (χ3n) is 9.35. The zero-order chi connectivity index (χ0) is 30.4. The van der Waals surface area contributed by atoms with Gasteiger partial charge in [-0.3, -0.25) is 0 Å². The number of unbranched alkanes of at least 4 members (excludes halogenated alkanes) is 7. The van der Waals surface area contributed by atoms with Crippen molar-refractivity contribution in [1.82, 2.24) is 0 Å². The lowest BCUT2D eigenvalue weighted by molar-refractivity contribution is 0.444. The molecule has 0 bridgehead atoms. The standard InChI is InChI=1S/C41H54N2/c1-4-5-6-7-8-9-10-11-12-35(29-33-13-17-36(18-14-33)31(2)38-21-25-40(42)26-22-38)30-34-15-19-37(20-16-34)32(3)39-23-27-41(43)28-24-39/h13-28,31-32,35H,4-12,29-30,42-43H2,1-3H3. The van der Waals surface area contributed by atoms with Gasteiger partial charge in [0.15, 0.2) is 0 Å². The Morgan fingerprint density at radius 1 is 0.442 bits per heavy atom. The Kier molecular flexibility index (Phi) is 12.8. The molecule has 0 amide bonds. The van der Waals surface area contributed by atoms with E-state index in [0.29, 0.717) is 17.8 Å². The molecule has 2 nitrogen and oxygen atoms in total. The predicted molar refractivity (Wildman–Crippen MR) is 188 cm³/mol. The number of benzene rings is 4. The first kappa shape index (κ1) is 32.4. The van der Waals surface area contributed by atoms with E-state index in [4.69, 9.17) is 11.5 Å². The number of nitrogens with two attached hydrogens (primary N) is 2. The van der Waals surface area contributed by atoms with Crippen molar-refractivity contribution in [3.63, 3.8) is 0 Å². The van der Waals surface area contributed by atoms with E-state index in [9.17, 15) is 0 Å². The number of rotatable bonds is 17. The Morgan fingerprint density at radius 2 is 0.767 bits per heavy atom. The highest BCUT2D eigenvalue weighted by molar-refractivity contribution is 5.44. The molecule has 0 spiro atoms. The maximum Gasteiger partial charge on any atom is 0.0314 e. The van der Waals surface area contributed by atoms with Crippen LogP contribution in [0.3, 0.4) is 0 Å². The molecule has 0 saturated heterocycles. The molecule has 43 heavy (non-hydrogen) atoms. The summed E-state index contributed by atoms with van der Waals surface area (Å²) in [6.07, 6.45) is 14.5. The SMILES string of the molecule is CCCCCCCCCCC(Cc1ccc(C(C)c2ccc(N)cc2)cc1)Cc1ccc(C(C)c2ccc(N)cc2)cc1. The van der Waals surface area contributed by atoms with Gasteiger partial charge in [0, 0.05) is 23.2 Å². The summed E-state index contributed by atoms with van der Waals surface area (Å²) in [5, 5.41) is 0. The molecule has 0 aliphatic heterocycles. The average Bonchev–Trinajstić information content (AvgIpc) is 3.03. The Morgan fingerprint density at radius 3 is 1.14 bits per heavy atom. The number of anilines is 2. The lowest BCUT2D eigenvalue weighted by Gasteiger charge is -2.19. The highest BCUT2D eigenvalue weighted by atomic mass is 14.5. The van der Waals surface area contributed by atoms with Crippen molar-refractivity contribution in [2.24, 2.45) is 5.92 Å². The van der Waals surface area contributed by atoms with E-state index in [1.54, 1.807) is 0 Å². The second kappa shape index (κ2) is 16.9. The molecule has 4 N–H and O–H groups in total. The average molecular weight is 575 g/mol. The van der Waals surface area contributed by atoms with Crippen LogP contribution in [0.2, 0.25) is 0 Å². The van der Waals surface area contributed by atoms with E-state index in [-0.39, 0.29) is 0 Å². The van der Waals surface area contributed by atoms with Gasteiger partial charge in [-0.1, -0.05) is 145 Å². The lowest BCUT2D eigenvalue weighted by Crippen LogP contribution is -2.09. The summed E-state index contributed by atoms with van der Waals surface area (Å²) in [7, 11) is 0. The second-order valence-electron chi connectivity index (χ2n) is 12.8. The lowest BCUT2D eigenvalue weighted by atomic mass is 9.86. The van der Waals surface area contributed by atoms with E-state index in [0.717, 1.165) is 24.2 Å². The third-order valence-corrected chi connectivity index (χ3v) is 9.35. The Balaban J connectivity index is 1.38. The summed E-state index contributed by atoms with van der Waals surface area (Å²) < 4.78 is 0. The molecule has 2 heteroatoms. The topological polar surface area (TPSA) is 52.0 Å². The van der Waals surface area contributed by atoms with Crippen LogP contribution < -0.4 is 11.5 Å². The molecular weight excluding hydrogens is 520 g/mol. The summed E-state index contributed by atoms with van der Waals surface area (Å²) >= 11 is 0. The van der Waals surface area contributed by atoms with E-state index in [2.05, 4.69) is 93.6 Å². The van der Waals surface area contributed by atoms with Crippen molar-refractivity contribution in [1.29, 1.82) is 0 Å². The monoisotopic (exact) mass is 574 g/mol. The normalized spacial score (nSPS) is 13.5. The van der Waals surface area contributed by atoms with Crippen LogP contribution in [0.1, 0.15) is 124 Å². The van der Waals surface area contributed by atoms with Gasteiger partial charge >= 0.3 is 0 Å². The summed E-state index contributed by atoms with van der Waals surface area (Å²) in [6, 6.07) is 35.4. The molecular formula is C41H54N2. The van der Waals surface area contributed by atoms with Crippen LogP contribution in [0, 0.1) is 5.92 Å². The molecule has 0 aliphatic carbocycles. The van der Waals surface area contributed by atoms with Crippen LogP contribution in [-0.4, -0.2) is 0 Å². The van der Waals surface area contributed by atoms with Gasteiger partial charge in [-0.25, -0.2) is 0 Å². The van der Waals surface area contributed by atoms with Crippen molar-refractivity contribution >= 4 is 11.4 Å². The predicted octanol–water partition coefficient (Wildman–Crippen LogP) is 11.1. The first-order valence-corrected chi connectivity index (χ1v) is 16.8. The second-order valence-corrected chi connectivity index (χ2v) is 12.8. The van der Waals surface area contributed by atoms with Crippen LogP contribution in [-0.2, 0) is 12.8 Å². The summed E-state index contributed by atoms with van der Waals surface area (Å²) in [4.78, 5) is 0. The van der Waals surface area contributed by atoms with Crippen LogP contribution >= 0.6 is 0 Å². The van der Waals surface area contributed by atoms with Gasteiger partial charge < -0.3 is 11.5 Å². The van der Waals surface area contributed by atoms with Crippen LogP contribution in [0.4, 0.5) is 11.4 Å². The smallest absolute Gasteiger partial charge is 0.0314 e. The van der Waals surface area contributed by atoms with Gasteiger partial charge in [0.2, 0.25) is 0 Å². The van der Waals surface area contributed by atoms with Crippen LogP contribution in [0.5, 0.6) is 0 Å². The minimum absolute atomic E-state index is 0.358. The zero-order valence-electron chi connectivity index (χ0n) is 26.9. The molecule has 2 atom stereocenters. The summed E-state index contributed by atoms with van der Waals surface area (Å²) in [6.45, 7) is 6.86. The molecule has 2 unspecified atom stereocenters. The Labute approximate surface area is 261 Å². The maximum absolute atomic E-state index is 5.91. The fraction of sp³-hybridized carbons (Fsp3) is 0.415. The van der Waals surface area contributed by atoms with Gasteiger partial charge in [-0.05, 0) is 82.8 Å². The molecule has 4 aromatic rings. The molecule has 0 heterocycles. The van der Waals surface area contributed by atoms with Crippen molar-refractivity contribution in [3.05, 3.63) is 130 Å². The molecule has 0 saturated carbocycles. The fourth-order valence-electron chi connectivity index (χ4n) is 6.35. The number of nitrogen functional groups attached to an aromatic ring is 2. The van der Waals surface area contributed by atoms with Crippen molar-refractivity contribution in [2.45, 2.75) is 103 Å². The summed E-state index contributed by atoms with van der Waals surface area (Å²) in [5.74, 6) is 1.37. The van der Waals surface area contributed by atoms with Crippen molar-refractivity contribution in [2.75, 3.05) is 11.5 Å². The zero-order valence-corrected chi connectivity index (χ0v) is 26.9. The first-order valence-electron chi connectivity index (χ1n) is 16.8. The maximum atomic E-state index is 5.91. The number of hydrogen-bond donors (Lipinski definition) is 2. The van der Waals surface area contributed by atoms with Crippen LogP contribution in [0.15, 0.2) is 97.1 Å². The van der Waals surface area contributed by atoms with E-state index in [1.165, 1.54) is 91.2 Å². The van der Waals surface area contributed by atoms with E-state index < -0.39 is 0 Å². The highest BCUT2D eigenvalue weighted by Crippen LogP contribution is 2.29. The van der Waals surface area contributed by atoms with E-state index >= 15 is 0 Å². The molecule has 0 fully saturated rings. The largest absolute Gasteiger partial charge is 0.399 e. The fourth-order valence-corrected chi connectivity index (χ4v) is 6.35. The van der Waals surface area contributed by atoms with Gasteiger partial charge in [-0.2, -0.15) is 0 Å². The van der Waals surface area contributed by atoms with Gasteiger partial charge in [-0.15, -0.1) is 0 Å². The first-order chi connectivity index (χ1) is 20.9. The minimum atomic E-state index is 0.358. The Hall–Kier alpha value is -3.52. The molecule has 228 valence electrons. The quantitative estimate of drug-likeness (QED) is 0.0973.